The largest absolute Gasteiger partial charge is 0.483 e. The Morgan fingerprint density at radius 1 is 1.18 bits per heavy atom. The van der Waals surface area contributed by atoms with E-state index in [1.165, 1.54) is 25.1 Å². The van der Waals surface area contributed by atoms with Crippen LogP contribution in [0.4, 0.5) is 13.2 Å². The minimum absolute atomic E-state index is 0.0325. The lowest BCUT2D eigenvalue weighted by atomic mass is 10.3. The van der Waals surface area contributed by atoms with Crippen molar-refractivity contribution in [2.24, 2.45) is 0 Å². The molecule has 2 heterocycles. The molecular weight excluding hydrogens is 529 g/mol. The van der Waals surface area contributed by atoms with Gasteiger partial charge >= 0.3 is 6.18 Å². The summed E-state index contributed by atoms with van der Waals surface area (Å²) in [7, 11) is 0. The van der Waals surface area contributed by atoms with Crippen LogP contribution in [0.5, 0.6) is 5.75 Å². The van der Waals surface area contributed by atoms with E-state index in [9.17, 15) is 18.0 Å². The van der Waals surface area contributed by atoms with E-state index in [2.05, 4.69) is 10.4 Å². The third kappa shape index (κ3) is 6.29. The molecule has 33 heavy (non-hydrogen) atoms. The van der Waals surface area contributed by atoms with E-state index in [0.29, 0.717) is 17.2 Å². The molecule has 0 aliphatic carbocycles. The highest BCUT2D eigenvalue weighted by Gasteiger charge is 2.38. The number of furan rings is 1. The number of carbonyl (C=O) groups excluding carboxylic acids is 1. The summed E-state index contributed by atoms with van der Waals surface area (Å²) in [5.74, 6) is 0.131. The molecule has 6 nitrogen and oxygen atoms in total. The van der Waals surface area contributed by atoms with Crippen LogP contribution in [0, 0.1) is 6.92 Å². The summed E-state index contributed by atoms with van der Waals surface area (Å²) >= 11 is 23.7. The highest BCUT2D eigenvalue weighted by molar-refractivity contribution is 6.40. The summed E-state index contributed by atoms with van der Waals surface area (Å²) < 4.78 is 50.8. The van der Waals surface area contributed by atoms with Crippen molar-refractivity contribution in [3.05, 3.63) is 67.3 Å². The van der Waals surface area contributed by atoms with Gasteiger partial charge in [-0.3, -0.25) is 9.48 Å². The number of benzene rings is 1. The van der Waals surface area contributed by atoms with Crippen molar-refractivity contribution in [1.29, 1.82) is 0 Å². The van der Waals surface area contributed by atoms with Crippen LogP contribution in [0.1, 0.15) is 34.1 Å². The molecule has 3 rings (SSSR count). The minimum atomic E-state index is -4.63. The first kappa shape index (κ1) is 25.6. The van der Waals surface area contributed by atoms with Crippen molar-refractivity contribution < 1.29 is 27.1 Å². The number of nitrogens with one attached hydrogen (secondary N) is 1. The second-order valence-corrected chi connectivity index (χ2v) is 8.46. The first-order chi connectivity index (χ1) is 15.5. The Hall–Kier alpha value is -2.07. The number of hydrogen-bond donors (Lipinski definition) is 1. The number of hydrogen-bond acceptors (Lipinski definition) is 4. The number of carbonyl (C=O) groups is 1. The van der Waals surface area contributed by atoms with Crippen molar-refractivity contribution >= 4 is 52.3 Å². The smallest absolute Gasteiger partial charge is 0.436 e. The number of alkyl halides is 3. The number of nitrogens with zero attached hydrogens (tertiary/aromatic N) is 2. The molecule has 0 radical (unpaired) electrons. The van der Waals surface area contributed by atoms with Crippen LogP contribution in [0.2, 0.25) is 20.1 Å². The fourth-order valence-corrected chi connectivity index (χ4v) is 4.00. The quantitative estimate of drug-likeness (QED) is 0.316. The summed E-state index contributed by atoms with van der Waals surface area (Å²) in [4.78, 5) is 12.3. The average molecular weight is 545 g/mol. The van der Waals surface area contributed by atoms with E-state index in [4.69, 9.17) is 55.6 Å². The molecule has 0 aliphatic rings. The average Bonchev–Trinajstić information content (AvgIpc) is 3.30. The third-order valence-corrected chi connectivity index (χ3v) is 5.67. The lowest BCUT2D eigenvalue weighted by Gasteiger charge is -2.09. The summed E-state index contributed by atoms with van der Waals surface area (Å²) in [6, 6.07) is 5.98. The number of halogens is 7. The molecule has 0 spiro atoms. The topological polar surface area (TPSA) is 69.3 Å². The monoisotopic (exact) mass is 543 g/mol. The maximum Gasteiger partial charge on any atom is 0.436 e. The van der Waals surface area contributed by atoms with Crippen molar-refractivity contribution in [2.75, 3.05) is 6.54 Å². The zero-order valence-corrected chi connectivity index (χ0v) is 19.9. The zero-order chi connectivity index (χ0) is 24.3. The molecule has 1 amide bonds. The summed E-state index contributed by atoms with van der Waals surface area (Å²) in [6.45, 7) is 1.73. The minimum Gasteiger partial charge on any atom is -0.483 e. The first-order valence-electron chi connectivity index (χ1n) is 9.41. The Kier molecular flexibility index (Phi) is 8.10. The Balaban J connectivity index is 1.50. The predicted octanol–water partition coefficient (Wildman–Crippen LogP) is 6.82. The van der Waals surface area contributed by atoms with Crippen LogP contribution in [-0.2, 0) is 19.3 Å². The van der Waals surface area contributed by atoms with E-state index in [1.807, 2.05) is 0 Å². The Bertz CT molecular complexity index is 1140. The van der Waals surface area contributed by atoms with Crippen molar-refractivity contribution in [3.63, 3.8) is 0 Å². The van der Waals surface area contributed by atoms with E-state index >= 15 is 0 Å². The second kappa shape index (κ2) is 10.5. The molecule has 0 bridgehead atoms. The SMILES string of the molecule is Cc1c(Cl)c(C(F)(F)F)nn1CCCNC(=O)c1ccc(COc2c(Cl)cc(Cl)cc2Cl)o1. The molecule has 3 aromatic rings. The molecular formula is C20H16Cl4F3N3O3. The summed E-state index contributed by atoms with van der Waals surface area (Å²) in [6.07, 6.45) is -4.31. The van der Waals surface area contributed by atoms with Crippen LogP contribution in [0.15, 0.2) is 28.7 Å². The van der Waals surface area contributed by atoms with Gasteiger partial charge in [0.15, 0.2) is 17.2 Å². The Labute approximate surface area is 206 Å². The van der Waals surface area contributed by atoms with Crippen LogP contribution >= 0.6 is 46.4 Å². The van der Waals surface area contributed by atoms with Gasteiger partial charge in [0.05, 0.1) is 20.8 Å². The number of ether oxygens (including phenoxy) is 1. The zero-order valence-electron chi connectivity index (χ0n) is 16.9. The molecule has 0 saturated carbocycles. The fraction of sp³-hybridized carbons (Fsp3) is 0.300. The molecule has 1 N–H and O–H groups in total. The number of amides is 1. The molecule has 0 aliphatic heterocycles. The van der Waals surface area contributed by atoms with Gasteiger partial charge < -0.3 is 14.5 Å². The number of aromatic nitrogens is 2. The molecule has 13 heteroatoms. The molecule has 178 valence electrons. The van der Waals surface area contributed by atoms with Crippen LogP contribution in [-0.4, -0.2) is 22.2 Å². The molecule has 2 aromatic heterocycles. The normalized spacial score (nSPS) is 11.6. The van der Waals surface area contributed by atoms with Gasteiger partial charge in [-0.05, 0) is 37.6 Å². The maximum absolute atomic E-state index is 12.9. The van der Waals surface area contributed by atoms with Crippen molar-refractivity contribution in [1.82, 2.24) is 15.1 Å². The lowest BCUT2D eigenvalue weighted by molar-refractivity contribution is -0.141. The van der Waals surface area contributed by atoms with Gasteiger partial charge in [-0.1, -0.05) is 46.4 Å². The van der Waals surface area contributed by atoms with E-state index in [-0.39, 0.29) is 46.9 Å². The fourth-order valence-electron chi connectivity index (χ4n) is 2.83. The first-order valence-corrected chi connectivity index (χ1v) is 10.9. The van der Waals surface area contributed by atoms with Crippen LogP contribution in [0.3, 0.4) is 0 Å². The molecule has 1 aromatic carbocycles. The van der Waals surface area contributed by atoms with Gasteiger partial charge in [0.1, 0.15) is 12.4 Å². The van der Waals surface area contributed by atoms with Gasteiger partial charge in [-0.25, -0.2) is 0 Å². The van der Waals surface area contributed by atoms with Gasteiger partial charge in [-0.2, -0.15) is 18.3 Å². The number of aryl methyl sites for hydroxylation is 1. The maximum atomic E-state index is 12.9. The van der Waals surface area contributed by atoms with Gasteiger partial charge in [-0.15, -0.1) is 0 Å². The van der Waals surface area contributed by atoms with Crippen molar-refractivity contribution in [3.8, 4) is 5.75 Å². The van der Waals surface area contributed by atoms with Crippen molar-refractivity contribution in [2.45, 2.75) is 32.7 Å². The molecule has 0 fully saturated rings. The van der Waals surface area contributed by atoms with Gasteiger partial charge in [0.25, 0.3) is 5.91 Å². The summed E-state index contributed by atoms with van der Waals surface area (Å²) in [5.41, 5.74) is -0.927. The van der Waals surface area contributed by atoms with E-state index in [0.717, 1.165) is 4.68 Å². The Morgan fingerprint density at radius 2 is 1.85 bits per heavy atom. The lowest BCUT2D eigenvalue weighted by Crippen LogP contribution is -2.25. The molecule has 0 saturated heterocycles. The third-order valence-electron chi connectivity index (χ3n) is 4.44. The van der Waals surface area contributed by atoms with E-state index in [1.54, 1.807) is 6.07 Å². The summed E-state index contributed by atoms with van der Waals surface area (Å²) in [5, 5.41) is 6.52. The van der Waals surface area contributed by atoms with Gasteiger partial charge in [0, 0.05) is 18.1 Å². The molecule has 0 unspecified atom stereocenters. The van der Waals surface area contributed by atoms with Crippen LogP contribution in [0.25, 0.3) is 0 Å². The second-order valence-electron chi connectivity index (χ2n) is 6.83. The predicted molar refractivity (Wildman–Crippen MR) is 118 cm³/mol. The van der Waals surface area contributed by atoms with Gasteiger partial charge in [0.2, 0.25) is 0 Å². The highest BCUT2D eigenvalue weighted by Crippen LogP contribution is 2.37. The Morgan fingerprint density at radius 3 is 2.45 bits per heavy atom. The standard InChI is InChI=1S/C20H16Cl4F3N3O3/c1-10-16(24)18(20(25,26)27)29-30(10)6-2-5-28-19(31)15-4-3-12(33-15)9-32-17-13(22)7-11(21)8-14(17)23/h3-4,7-8H,2,5-6,9H2,1H3,(H,28,31). The number of rotatable bonds is 8. The highest BCUT2D eigenvalue weighted by atomic mass is 35.5. The van der Waals surface area contributed by atoms with Crippen LogP contribution < -0.4 is 10.1 Å². The van der Waals surface area contributed by atoms with E-state index < -0.39 is 22.8 Å². The molecule has 0 atom stereocenters.